The molecule has 5 nitrogen and oxygen atoms in total. The second kappa shape index (κ2) is 8.47. The molecule has 0 saturated heterocycles. The van der Waals surface area contributed by atoms with Crippen molar-refractivity contribution in [1.82, 2.24) is 4.57 Å². The van der Waals surface area contributed by atoms with E-state index < -0.39 is 11.9 Å². The Balaban J connectivity index is 2.19. The standard InChI is InChI=1S/C20H18Cl2N2O3S/c1-4-27-17(25)10-24-16-8-11(2)7-12(3)18(16)28-20(24)23-19(26)14-9-13(21)5-6-15(14)22/h5-9H,4,10H2,1-3H3. The van der Waals surface area contributed by atoms with Crippen molar-refractivity contribution < 1.29 is 14.3 Å². The highest BCUT2D eigenvalue weighted by atomic mass is 35.5. The van der Waals surface area contributed by atoms with E-state index in [0.29, 0.717) is 9.82 Å². The molecular weight excluding hydrogens is 419 g/mol. The van der Waals surface area contributed by atoms with Crippen molar-refractivity contribution in [3.63, 3.8) is 0 Å². The lowest BCUT2D eigenvalue weighted by atomic mass is 10.1. The number of ether oxygens (including phenoxy) is 1. The number of benzene rings is 2. The number of carbonyl (C=O) groups is 2. The normalized spacial score (nSPS) is 11.8. The lowest BCUT2D eigenvalue weighted by molar-refractivity contribution is -0.143. The summed E-state index contributed by atoms with van der Waals surface area (Å²) < 4.78 is 7.74. The van der Waals surface area contributed by atoms with E-state index in [9.17, 15) is 9.59 Å². The van der Waals surface area contributed by atoms with E-state index in [1.807, 2.05) is 26.0 Å². The Hall–Kier alpha value is -2.15. The fraction of sp³-hybridized carbons (Fsp3) is 0.250. The second-order valence-electron chi connectivity index (χ2n) is 6.25. The summed E-state index contributed by atoms with van der Waals surface area (Å²) in [4.78, 5) is 29.5. The summed E-state index contributed by atoms with van der Waals surface area (Å²) in [5, 5.41) is 0.661. The van der Waals surface area contributed by atoms with E-state index in [4.69, 9.17) is 27.9 Å². The van der Waals surface area contributed by atoms with Crippen LogP contribution >= 0.6 is 34.5 Å². The zero-order valence-corrected chi connectivity index (χ0v) is 17.9. The van der Waals surface area contributed by atoms with Crippen LogP contribution in [0.4, 0.5) is 0 Å². The number of carbonyl (C=O) groups excluding carboxylic acids is 2. The van der Waals surface area contributed by atoms with Gasteiger partial charge in [-0.3, -0.25) is 9.59 Å². The minimum atomic E-state index is -0.522. The van der Waals surface area contributed by atoms with Crippen LogP contribution in [0, 0.1) is 13.8 Å². The lowest BCUT2D eigenvalue weighted by Gasteiger charge is -2.06. The fourth-order valence-electron chi connectivity index (χ4n) is 2.89. The Kier molecular flexibility index (Phi) is 6.23. The van der Waals surface area contributed by atoms with Crippen LogP contribution in [-0.2, 0) is 16.1 Å². The number of hydrogen-bond acceptors (Lipinski definition) is 4. The highest BCUT2D eigenvalue weighted by Crippen LogP contribution is 2.24. The van der Waals surface area contributed by atoms with E-state index in [1.54, 1.807) is 23.6 Å². The summed E-state index contributed by atoms with van der Waals surface area (Å²) in [5.41, 5.74) is 3.14. The summed E-state index contributed by atoms with van der Waals surface area (Å²) in [7, 11) is 0. The molecule has 0 aliphatic carbocycles. The molecule has 0 unspecified atom stereocenters. The first kappa shape index (κ1) is 20.6. The van der Waals surface area contributed by atoms with E-state index in [0.717, 1.165) is 21.3 Å². The Morgan fingerprint density at radius 1 is 1.18 bits per heavy atom. The van der Waals surface area contributed by atoms with Crippen LogP contribution in [0.3, 0.4) is 0 Å². The minimum Gasteiger partial charge on any atom is -0.465 e. The van der Waals surface area contributed by atoms with Crippen LogP contribution in [0.1, 0.15) is 28.4 Å². The van der Waals surface area contributed by atoms with Gasteiger partial charge in [-0.15, -0.1) is 0 Å². The van der Waals surface area contributed by atoms with Gasteiger partial charge in [0.2, 0.25) is 0 Å². The van der Waals surface area contributed by atoms with Crippen LogP contribution in [0.2, 0.25) is 10.0 Å². The third-order valence-corrected chi connectivity index (χ3v) is 5.86. The first-order valence-electron chi connectivity index (χ1n) is 8.60. The molecule has 0 N–H and O–H groups in total. The highest BCUT2D eigenvalue weighted by Gasteiger charge is 2.16. The SMILES string of the molecule is CCOC(=O)Cn1c(=NC(=O)c2cc(Cl)ccc2Cl)sc2c(C)cc(C)cc21. The number of hydrogen-bond donors (Lipinski definition) is 0. The molecule has 0 aliphatic rings. The predicted molar refractivity (Wildman–Crippen MR) is 112 cm³/mol. The summed E-state index contributed by atoms with van der Waals surface area (Å²) in [6.45, 7) is 5.96. The molecular formula is C20H18Cl2N2O3S. The Bertz CT molecular complexity index is 1150. The number of nitrogens with zero attached hydrogens (tertiary/aromatic N) is 2. The molecule has 2 aromatic carbocycles. The Morgan fingerprint density at radius 3 is 2.64 bits per heavy atom. The summed E-state index contributed by atoms with van der Waals surface area (Å²) in [6.07, 6.45) is 0. The van der Waals surface area contributed by atoms with E-state index in [-0.39, 0.29) is 23.7 Å². The van der Waals surface area contributed by atoms with Crippen LogP contribution in [0.15, 0.2) is 35.3 Å². The second-order valence-corrected chi connectivity index (χ2v) is 8.07. The van der Waals surface area contributed by atoms with Gasteiger partial charge in [-0.25, -0.2) is 0 Å². The minimum absolute atomic E-state index is 0.0356. The molecule has 1 heterocycles. The topological polar surface area (TPSA) is 60.7 Å². The lowest BCUT2D eigenvalue weighted by Crippen LogP contribution is -2.23. The van der Waals surface area contributed by atoms with E-state index in [2.05, 4.69) is 4.99 Å². The molecule has 0 bridgehead atoms. The number of fused-ring (bicyclic) bond motifs is 1. The van der Waals surface area contributed by atoms with Gasteiger partial charge in [0, 0.05) is 5.02 Å². The van der Waals surface area contributed by atoms with Gasteiger partial charge in [0.1, 0.15) is 6.54 Å². The van der Waals surface area contributed by atoms with E-state index in [1.165, 1.54) is 17.4 Å². The number of rotatable bonds is 4. The molecule has 1 aromatic heterocycles. The molecule has 0 saturated carbocycles. The number of halogens is 2. The van der Waals surface area contributed by atoms with Gasteiger partial charge in [-0.1, -0.05) is 40.6 Å². The Morgan fingerprint density at radius 2 is 1.93 bits per heavy atom. The number of amides is 1. The maximum absolute atomic E-state index is 12.7. The molecule has 0 fully saturated rings. The molecule has 28 heavy (non-hydrogen) atoms. The third-order valence-electron chi connectivity index (χ3n) is 4.06. The Labute approximate surface area is 176 Å². The van der Waals surface area contributed by atoms with Gasteiger partial charge < -0.3 is 9.30 Å². The van der Waals surface area contributed by atoms with Gasteiger partial charge in [-0.2, -0.15) is 4.99 Å². The first-order chi connectivity index (χ1) is 13.3. The molecule has 1 amide bonds. The monoisotopic (exact) mass is 436 g/mol. The molecule has 146 valence electrons. The highest BCUT2D eigenvalue weighted by molar-refractivity contribution is 7.16. The molecule has 0 radical (unpaired) electrons. The number of aromatic nitrogens is 1. The van der Waals surface area contributed by atoms with Crippen molar-refractivity contribution in [2.75, 3.05) is 6.61 Å². The van der Waals surface area contributed by atoms with Crippen LogP contribution < -0.4 is 4.80 Å². The first-order valence-corrected chi connectivity index (χ1v) is 10.2. The van der Waals surface area contributed by atoms with Crippen molar-refractivity contribution in [2.45, 2.75) is 27.3 Å². The molecule has 0 aliphatic heterocycles. The van der Waals surface area contributed by atoms with Crippen molar-refractivity contribution in [1.29, 1.82) is 0 Å². The number of thiazole rings is 1. The summed E-state index contributed by atoms with van der Waals surface area (Å²) in [6, 6.07) is 8.65. The molecule has 8 heteroatoms. The van der Waals surface area contributed by atoms with Gasteiger partial charge in [0.15, 0.2) is 4.80 Å². The molecule has 3 rings (SSSR count). The zero-order chi connectivity index (χ0) is 20.4. The number of esters is 1. The zero-order valence-electron chi connectivity index (χ0n) is 15.6. The van der Waals surface area contributed by atoms with Crippen molar-refractivity contribution in [2.24, 2.45) is 4.99 Å². The molecule has 0 atom stereocenters. The van der Waals surface area contributed by atoms with E-state index >= 15 is 0 Å². The average molecular weight is 437 g/mol. The maximum atomic E-state index is 12.7. The number of aryl methyl sites for hydroxylation is 2. The van der Waals surface area contributed by atoms with Crippen molar-refractivity contribution in [3.05, 3.63) is 61.9 Å². The van der Waals surface area contributed by atoms with Crippen LogP contribution in [-0.4, -0.2) is 23.1 Å². The summed E-state index contributed by atoms with van der Waals surface area (Å²) in [5.74, 6) is -0.915. The van der Waals surface area contributed by atoms with Crippen LogP contribution in [0.5, 0.6) is 0 Å². The van der Waals surface area contributed by atoms with Gasteiger partial charge in [0.25, 0.3) is 5.91 Å². The molecule has 0 spiro atoms. The fourth-order valence-corrected chi connectivity index (χ4v) is 4.34. The maximum Gasteiger partial charge on any atom is 0.326 e. The molecule has 3 aromatic rings. The smallest absolute Gasteiger partial charge is 0.326 e. The van der Waals surface area contributed by atoms with Crippen LogP contribution in [0.25, 0.3) is 10.2 Å². The quantitative estimate of drug-likeness (QED) is 0.544. The van der Waals surface area contributed by atoms with Gasteiger partial charge in [0.05, 0.1) is 27.4 Å². The largest absolute Gasteiger partial charge is 0.465 e. The van der Waals surface area contributed by atoms with Crippen molar-refractivity contribution >= 4 is 56.6 Å². The average Bonchev–Trinajstić information content (AvgIpc) is 2.95. The summed E-state index contributed by atoms with van der Waals surface area (Å²) >= 11 is 13.5. The van der Waals surface area contributed by atoms with Crippen molar-refractivity contribution in [3.8, 4) is 0 Å². The third kappa shape index (κ3) is 4.29. The van der Waals surface area contributed by atoms with Gasteiger partial charge >= 0.3 is 5.97 Å². The van der Waals surface area contributed by atoms with Gasteiger partial charge in [-0.05, 0) is 56.2 Å². The predicted octanol–water partition coefficient (Wildman–Crippen LogP) is 4.93.